The van der Waals surface area contributed by atoms with Crippen molar-refractivity contribution >= 4 is 23.4 Å². The third-order valence-electron chi connectivity index (χ3n) is 3.44. The van der Waals surface area contributed by atoms with Crippen LogP contribution < -0.4 is 4.74 Å². The highest BCUT2D eigenvalue weighted by atomic mass is 32.1. The van der Waals surface area contributed by atoms with Gasteiger partial charge in [-0.05, 0) is 54.7 Å². The van der Waals surface area contributed by atoms with Crippen molar-refractivity contribution in [1.82, 2.24) is 4.90 Å². The summed E-state index contributed by atoms with van der Waals surface area (Å²) in [5.74, 6) is 0.609. The number of carbonyl (C=O) groups excluding carboxylic acids is 1. The maximum atomic E-state index is 11.6. The molecule has 4 nitrogen and oxygen atoms in total. The molecule has 0 aliphatic heterocycles. The van der Waals surface area contributed by atoms with Gasteiger partial charge in [-0.15, -0.1) is 0 Å². The molecule has 0 radical (unpaired) electrons. The maximum absolute atomic E-state index is 11.6. The second-order valence-corrected chi connectivity index (χ2v) is 5.74. The molecule has 0 N–H and O–H groups in total. The smallest absolute Gasteiger partial charge is 0.306 e. The number of carbonyl (C=O) groups is 1. The Morgan fingerprint density at radius 3 is 2.86 bits per heavy atom. The Kier molecular flexibility index (Phi) is 5.17. The van der Waals surface area contributed by atoms with Crippen LogP contribution in [0, 0.1) is 0 Å². The molecule has 0 heterocycles. The SMILES string of the molecule is CCCC(=O)O[C@H]1CCc2cc(OC(=S)N(C)C)ccc21. The first-order valence-electron chi connectivity index (χ1n) is 7.22. The van der Waals surface area contributed by atoms with Crippen LogP contribution in [-0.2, 0) is 16.0 Å². The van der Waals surface area contributed by atoms with Gasteiger partial charge in [0.1, 0.15) is 11.9 Å². The Morgan fingerprint density at radius 1 is 1.43 bits per heavy atom. The molecule has 0 spiro atoms. The Bertz CT molecular complexity index is 542. The van der Waals surface area contributed by atoms with Crippen LogP contribution in [0.5, 0.6) is 5.75 Å². The van der Waals surface area contributed by atoms with Gasteiger partial charge in [-0.1, -0.05) is 13.0 Å². The molecule has 21 heavy (non-hydrogen) atoms. The molecule has 5 heteroatoms. The van der Waals surface area contributed by atoms with Gasteiger partial charge in [-0.2, -0.15) is 0 Å². The quantitative estimate of drug-likeness (QED) is 0.631. The Hall–Kier alpha value is -1.62. The summed E-state index contributed by atoms with van der Waals surface area (Å²) in [4.78, 5) is 13.4. The minimum Gasteiger partial charge on any atom is -0.457 e. The zero-order valence-electron chi connectivity index (χ0n) is 12.7. The normalized spacial score (nSPS) is 16.2. The van der Waals surface area contributed by atoms with Gasteiger partial charge in [0.15, 0.2) is 0 Å². The summed E-state index contributed by atoms with van der Waals surface area (Å²) in [6, 6.07) is 5.83. The first-order chi connectivity index (χ1) is 10.0. The summed E-state index contributed by atoms with van der Waals surface area (Å²) in [6.07, 6.45) is 2.91. The summed E-state index contributed by atoms with van der Waals surface area (Å²) in [7, 11) is 3.69. The number of fused-ring (bicyclic) bond motifs is 1. The maximum Gasteiger partial charge on any atom is 0.306 e. The van der Waals surface area contributed by atoms with Gasteiger partial charge in [0, 0.05) is 20.5 Å². The summed E-state index contributed by atoms with van der Waals surface area (Å²) >= 11 is 5.13. The highest BCUT2D eigenvalue weighted by molar-refractivity contribution is 7.80. The molecular weight excluding hydrogens is 286 g/mol. The van der Waals surface area contributed by atoms with Crippen molar-refractivity contribution in [2.24, 2.45) is 0 Å². The molecular formula is C16H21NO3S. The topological polar surface area (TPSA) is 38.8 Å². The summed E-state index contributed by atoms with van der Waals surface area (Å²) < 4.78 is 11.1. The van der Waals surface area contributed by atoms with Crippen molar-refractivity contribution in [3.8, 4) is 5.75 Å². The molecule has 2 rings (SSSR count). The number of hydrogen-bond donors (Lipinski definition) is 0. The van der Waals surface area contributed by atoms with Crippen LogP contribution in [0.4, 0.5) is 0 Å². The molecule has 1 aromatic rings. The number of esters is 1. The molecule has 0 aromatic heterocycles. The molecule has 0 saturated carbocycles. The van der Waals surface area contributed by atoms with E-state index in [2.05, 4.69) is 0 Å². The molecule has 0 bridgehead atoms. The fourth-order valence-corrected chi connectivity index (χ4v) is 2.45. The first-order valence-corrected chi connectivity index (χ1v) is 7.63. The predicted octanol–water partition coefficient (Wildman–Crippen LogP) is 3.24. The van der Waals surface area contributed by atoms with Crippen molar-refractivity contribution in [1.29, 1.82) is 0 Å². The van der Waals surface area contributed by atoms with Crippen LogP contribution in [0.25, 0.3) is 0 Å². The molecule has 1 aliphatic carbocycles. The lowest BCUT2D eigenvalue weighted by Gasteiger charge is -2.16. The number of rotatable bonds is 4. The number of hydrogen-bond acceptors (Lipinski definition) is 4. The average Bonchev–Trinajstić information content (AvgIpc) is 2.81. The van der Waals surface area contributed by atoms with Gasteiger partial charge < -0.3 is 14.4 Å². The van der Waals surface area contributed by atoms with Crippen LogP contribution in [0.1, 0.15) is 43.4 Å². The van der Waals surface area contributed by atoms with Gasteiger partial charge in [0.2, 0.25) is 0 Å². The van der Waals surface area contributed by atoms with Crippen LogP contribution in [0.3, 0.4) is 0 Å². The second-order valence-electron chi connectivity index (χ2n) is 5.39. The molecule has 0 saturated heterocycles. The van der Waals surface area contributed by atoms with Crippen LogP contribution >= 0.6 is 12.2 Å². The fourth-order valence-electron chi connectivity index (χ4n) is 2.35. The van der Waals surface area contributed by atoms with Crippen LogP contribution in [0.15, 0.2) is 18.2 Å². The van der Waals surface area contributed by atoms with Crippen LogP contribution in [-0.4, -0.2) is 30.1 Å². The van der Waals surface area contributed by atoms with Crippen molar-refractivity contribution < 1.29 is 14.3 Å². The van der Waals surface area contributed by atoms with E-state index in [1.54, 1.807) is 4.90 Å². The molecule has 114 valence electrons. The third kappa shape index (κ3) is 3.94. The standard InChI is InChI=1S/C16H21NO3S/c1-4-5-15(18)20-14-9-6-11-10-12(7-8-13(11)14)19-16(21)17(2)3/h7-8,10,14H,4-6,9H2,1-3H3/t14-/m0/s1. The fraction of sp³-hybridized carbons (Fsp3) is 0.500. The van der Waals surface area contributed by atoms with E-state index in [-0.39, 0.29) is 12.1 Å². The molecule has 0 fully saturated rings. The highest BCUT2D eigenvalue weighted by Gasteiger charge is 2.26. The van der Waals surface area contributed by atoms with Crippen LogP contribution in [0.2, 0.25) is 0 Å². The summed E-state index contributed by atoms with van der Waals surface area (Å²) in [5.41, 5.74) is 2.26. The molecule has 1 aliphatic rings. The zero-order valence-corrected chi connectivity index (χ0v) is 13.5. The number of ether oxygens (including phenoxy) is 2. The van der Waals surface area contributed by atoms with Gasteiger partial charge in [-0.25, -0.2) is 0 Å². The first kappa shape index (κ1) is 15.8. The number of thiocarbonyl (C=S) groups is 1. The van der Waals surface area contributed by atoms with E-state index in [9.17, 15) is 4.79 Å². The molecule has 1 atom stereocenters. The van der Waals surface area contributed by atoms with Crippen molar-refractivity contribution in [3.05, 3.63) is 29.3 Å². The lowest BCUT2D eigenvalue weighted by atomic mass is 10.1. The van der Waals surface area contributed by atoms with Gasteiger partial charge in [-0.3, -0.25) is 4.79 Å². The van der Waals surface area contributed by atoms with Crippen molar-refractivity contribution in [2.45, 2.75) is 38.7 Å². The van der Waals surface area contributed by atoms with E-state index < -0.39 is 0 Å². The van der Waals surface area contributed by atoms with E-state index in [0.29, 0.717) is 11.6 Å². The molecule has 1 aromatic carbocycles. The lowest BCUT2D eigenvalue weighted by molar-refractivity contribution is -0.149. The Balaban J connectivity index is 2.06. The van der Waals surface area contributed by atoms with E-state index in [0.717, 1.165) is 30.6 Å². The minimum absolute atomic E-state index is 0.117. The Morgan fingerprint density at radius 2 is 2.19 bits per heavy atom. The van der Waals surface area contributed by atoms with E-state index in [1.165, 1.54) is 5.56 Å². The monoisotopic (exact) mass is 307 g/mol. The Labute approximate surface area is 131 Å². The molecule has 0 unspecified atom stereocenters. The van der Waals surface area contributed by atoms with Gasteiger partial charge in [0.05, 0.1) is 0 Å². The summed E-state index contributed by atoms with van der Waals surface area (Å²) in [6.45, 7) is 1.97. The minimum atomic E-state index is -0.121. The summed E-state index contributed by atoms with van der Waals surface area (Å²) in [5, 5.41) is 0.430. The second kappa shape index (κ2) is 6.89. The van der Waals surface area contributed by atoms with E-state index in [4.69, 9.17) is 21.7 Å². The van der Waals surface area contributed by atoms with E-state index in [1.807, 2.05) is 39.2 Å². The van der Waals surface area contributed by atoms with Crippen molar-refractivity contribution in [3.63, 3.8) is 0 Å². The highest BCUT2D eigenvalue weighted by Crippen LogP contribution is 2.36. The largest absolute Gasteiger partial charge is 0.457 e. The lowest BCUT2D eigenvalue weighted by Crippen LogP contribution is -2.25. The van der Waals surface area contributed by atoms with E-state index >= 15 is 0 Å². The zero-order chi connectivity index (χ0) is 15.4. The predicted molar refractivity (Wildman–Crippen MR) is 85.4 cm³/mol. The molecule has 0 amide bonds. The number of nitrogens with zero attached hydrogens (tertiary/aromatic N) is 1. The third-order valence-corrected chi connectivity index (χ3v) is 3.88. The van der Waals surface area contributed by atoms with Gasteiger partial charge in [0.25, 0.3) is 5.17 Å². The van der Waals surface area contributed by atoms with Crippen molar-refractivity contribution in [2.75, 3.05) is 14.1 Å². The number of aryl methyl sites for hydroxylation is 1. The number of benzene rings is 1. The van der Waals surface area contributed by atoms with Gasteiger partial charge >= 0.3 is 5.97 Å². The average molecular weight is 307 g/mol.